The van der Waals surface area contributed by atoms with E-state index in [0.29, 0.717) is 4.77 Å². The van der Waals surface area contributed by atoms with Gasteiger partial charge in [-0.25, -0.2) is 14.6 Å². The second-order valence-electron chi connectivity index (χ2n) is 2.54. The zero-order valence-corrected chi connectivity index (χ0v) is 7.47. The molecule has 0 radical (unpaired) electrons. The van der Waals surface area contributed by atoms with Crippen LogP contribution in [0.4, 0.5) is 0 Å². The monoisotopic (exact) mass is 193 g/mol. The molecule has 0 aliphatic heterocycles. The minimum Gasteiger partial charge on any atom is -0.282 e. The first kappa shape index (κ1) is 8.00. The summed E-state index contributed by atoms with van der Waals surface area (Å²) >= 11 is 4.93. The van der Waals surface area contributed by atoms with Crippen LogP contribution in [0.2, 0.25) is 0 Å². The number of aromatic nitrogens is 3. The van der Waals surface area contributed by atoms with Gasteiger partial charge in [0.05, 0.1) is 5.69 Å². The molecule has 0 amide bonds. The zero-order valence-electron chi connectivity index (χ0n) is 6.65. The molecule has 1 heterocycles. The number of rotatable bonds is 1. The Hall–Kier alpha value is -1.62. The average molecular weight is 193 g/mol. The number of hydrogen-bond donors (Lipinski definition) is 2. The van der Waals surface area contributed by atoms with Gasteiger partial charge in [-0.3, -0.25) is 4.98 Å². The second kappa shape index (κ2) is 3.02. The number of benzene rings is 1. The van der Waals surface area contributed by atoms with Gasteiger partial charge in [-0.2, -0.15) is 0 Å². The summed E-state index contributed by atoms with van der Waals surface area (Å²) in [5.41, 5.74) is 0.541. The van der Waals surface area contributed by atoms with Crippen molar-refractivity contribution in [1.29, 1.82) is 0 Å². The van der Waals surface area contributed by atoms with Crippen molar-refractivity contribution < 1.29 is 0 Å². The van der Waals surface area contributed by atoms with Crippen molar-refractivity contribution in [2.75, 3.05) is 0 Å². The molecule has 66 valence electrons. The number of aromatic amines is 2. The maximum absolute atomic E-state index is 10.9. The molecule has 1 aromatic heterocycles. The van der Waals surface area contributed by atoms with Crippen LogP contribution in [0.3, 0.4) is 0 Å². The smallest absolute Gasteiger partial charge is 0.282 e. The third-order valence-electron chi connectivity index (χ3n) is 1.65. The van der Waals surface area contributed by atoms with Gasteiger partial charge >= 0.3 is 5.69 Å². The van der Waals surface area contributed by atoms with Gasteiger partial charge in [-0.1, -0.05) is 18.2 Å². The standard InChI is InChI=1S/C8H7N3OS/c12-7-9-8(13)11(10-7)6-4-2-1-3-5-6/h1-5H,(H2,9,10,12,13). The van der Waals surface area contributed by atoms with Gasteiger partial charge in [-0.05, 0) is 24.4 Å². The topological polar surface area (TPSA) is 53.6 Å². The van der Waals surface area contributed by atoms with Crippen LogP contribution in [0.1, 0.15) is 0 Å². The van der Waals surface area contributed by atoms with E-state index in [9.17, 15) is 4.79 Å². The number of nitrogens with one attached hydrogen (secondary N) is 2. The average Bonchev–Trinajstić information content (AvgIpc) is 2.47. The molecule has 0 bridgehead atoms. The molecule has 0 saturated carbocycles. The van der Waals surface area contributed by atoms with Crippen LogP contribution in [-0.2, 0) is 0 Å². The highest BCUT2D eigenvalue weighted by atomic mass is 32.1. The summed E-state index contributed by atoms with van der Waals surface area (Å²) in [6, 6.07) is 9.38. The Bertz CT molecular complexity index is 508. The molecule has 2 aromatic rings. The Morgan fingerprint density at radius 2 is 1.92 bits per heavy atom. The van der Waals surface area contributed by atoms with Crippen LogP contribution in [0.15, 0.2) is 35.1 Å². The normalized spacial score (nSPS) is 10.2. The molecule has 13 heavy (non-hydrogen) atoms. The van der Waals surface area contributed by atoms with Crippen LogP contribution in [0.25, 0.3) is 5.69 Å². The van der Waals surface area contributed by atoms with E-state index in [4.69, 9.17) is 12.2 Å². The molecular formula is C8H7N3OS. The quantitative estimate of drug-likeness (QED) is 0.669. The van der Waals surface area contributed by atoms with Crippen LogP contribution in [0.5, 0.6) is 0 Å². The molecule has 0 aliphatic rings. The highest BCUT2D eigenvalue weighted by Crippen LogP contribution is 2.02. The van der Waals surface area contributed by atoms with Crippen LogP contribution >= 0.6 is 12.2 Å². The van der Waals surface area contributed by atoms with E-state index in [-0.39, 0.29) is 5.69 Å². The van der Waals surface area contributed by atoms with E-state index < -0.39 is 0 Å². The fourth-order valence-corrected chi connectivity index (χ4v) is 1.34. The lowest BCUT2D eigenvalue weighted by Crippen LogP contribution is -2.04. The largest absolute Gasteiger partial charge is 0.340 e. The number of H-pyrrole nitrogens is 2. The Labute approximate surface area is 78.8 Å². The Morgan fingerprint density at radius 1 is 1.23 bits per heavy atom. The molecular weight excluding hydrogens is 186 g/mol. The van der Waals surface area contributed by atoms with Crippen molar-refractivity contribution in [3.63, 3.8) is 0 Å². The Balaban J connectivity index is 2.66. The molecule has 4 nitrogen and oxygen atoms in total. The summed E-state index contributed by atoms with van der Waals surface area (Å²) in [7, 11) is 0. The molecule has 2 rings (SSSR count). The molecule has 0 aliphatic carbocycles. The van der Waals surface area contributed by atoms with Crippen LogP contribution in [-0.4, -0.2) is 14.8 Å². The van der Waals surface area contributed by atoms with Crippen LogP contribution < -0.4 is 5.69 Å². The van der Waals surface area contributed by atoms with Gasteiger partial charge in [0.15, 0.2) is 0 Å². The maximum Gasteiger partial charge on any atom is 0.340 e. The first-order valence-corrected chi connectivity index (χ1v) is 4.15. The lowest BCUT2D eigenvalue weighted by atomic mass is 10.3. The van der Waals surface area contributed by atoms with Gasteiger partial charge in [0.1, 0.15) is 0 Å². The van der Waals surface area contributed by atoms with Gasteiger partial charge in [0.25, 0.3) is 0 Å². The van der Waals surface area contributed by atoms with E-state index in [2.05, 4.69) is 10.1 Å². The maximum atomic E-state index is 10.9. The lowest BCUT2D eigenvalue weighted by Gasteiger charge is -1.98. The molecule has 0 saturated heterocycles. The van der Waals surface area contributed by atoms with E-state index in [1.165, 1.54) is 4.68 Å². The van der Waals surface area contributed by atoms with E-state index in [1.807, 2.05) is 30.3 Å². The number of hydrogen-bond acceptors (Lipinski definition) is 2. The second-order valence-corrected chi connectivity index (χ2v) is 2.93. The van der Waals surface area contributed by atoms with Crippen molar-refractivity contribution in [3.05, 3.63) is 45.6 Å². The highest BCUT2D eigenvalue weighted by Gasteiger charge is 1.97. The van der Waals surface area contributed by atoms with Gasteiger partial charge < -0.3 is 0 Å². The summed E-state index contributed by atoms with van der Waals surface area (Å²) in [4.78, 5) is 13.4. The van der Waals surface area contributed by atoms with E-state index in [0.717, 1.165) is 5.69 Å². The molecule has 0 fully saturated rings. The predicted molar refractivity (Wildman–Crippen MR) is 51.6 cm³/mol. The molecule has 0 atom stereocenters. The van der Waals surface area contributed by atoms with Crippen molar-refractivity contribution in [2.24, 2.45) is 0 Å². The Kier molecular flexibility index (Phi) is 1.86. The van der Waals surface area contributed by atoms with Crippen LogP contribution in [0, 0.1) is 4.77 Å². The molecule has 0 spiro atoms. The highest BCUT2D eigenvalue weighted by molar-refractivity contribution is 7.71. The fourth-order valence-electron chi connectivity index (χ4n) is 1.09. The summed E-state index contributed by atoms with van der Waals surface area (Å²) in [5, 5.41) is 2.56. The van der Waals surface area contributed by atoms with Gasteiger partial charge in [0, 0.05) is 0 Å². The molecule has 0 unspecified atom stereocenters. The van der Waals surface area contributed by atoms with Crippen molar-refractivity contribution in [2.45, 2.75) is 0 Å². The minimum atomic E-state index is -0.297. The molecule has 1 aromatic carbocycles. The van der Waals surface area contributed by atoms with E-state index in [1.54, 1.807) is 0 Å². The molecule has 2 N–H and O–H groups in total. The zero-order chi connectivity index (χ0) is 9.26. The third-order valence-corrected chi connectivity index (χ3v) is 1.94. The first-order chi connectivity index (χ1) is 6.27. The SMILES string of the molecule is O=c1[nH]c(=S)n(-c2ccccc2)[nH]1. The first-order valence-electron chi connectivity index (χ1n) is 3.74. The number of para-hydroxylation sites is 1. The van der Waals surface area contributed by atoms with Crippen molar-refractivity contribution in [1.82, 2.24) is 14.8 Å². The summed E-state index contributed by atoms with van der Waals surface area (Å²) in [6.45, 7) is 0. The predicted octanol–water partition coefficient (Wildman–Crippen LogP) is 1.22. The lowest BCUT2D eigenvalue weighted by molar-refractivity contribution is 0.853. The fraction of sp³-hybridized carbons (Fsp3) is 0. The molecule has 5 heteroatoms. The number of nitrogens with zero attached hydrogens (tertiary/aromatic N) is 1. The van der Waals surface area contributed by atoms with E-state index >= 15 is 0 Å². The minimum absolute atomic E-state index is 0.297. The Morgan fingerprint density at radius 3 is 2.46 bits per heavy atom. The summed E-state index contributed by atoms with van der Waals surface area (Å²) < 4.78 is 1.90. The van der Waals surface area contributed by atoms with Crippen molar-refractivity contribution in [3.8, 4) is 5.69 Å². The van der Waals surface area contributed by atoms with Gasteiger partial charge in [-0.15, -0.1) is 0 Å². The third kappa shape index (κ3) is 1.46. The summed E-state index contributed by atoms with van der Waals surface area (Å²) in [5.74, 6) is 0. The summed E-state index contributed by atoms with van der Waals surface area (Å²) in [6.07, 6.45) is 0. The van der Waals surface area contributed by atoms with Gasteiger partial charge in [0.2, 0.25) is 4.77 Å². The van der Waals surface area contributed by atoms with Crippen molar-refractivity contribution >= 4 is 12.2 Å².